The first-order valence-electron chi connectivity index (χ1n) is 10.0. The number of hydrogen-bond donors (Lipinski definition) is 3. The summed E-state index contributed by atoms with van der Waals surface area (Å²) >= 11 is 0.155. The molecule has 4 nitrogen and oxygen atoms in total. The van der Waals surface area contributed by atoms with E-state index in [0.29, 0.717) is 18.4 Å². The van der Waals surface area contributed by atoms with Crippen LogP contribution in [-0.4, -0.2) is 48.6 Å². The van der Waals surface area contributed by atoms with Crippen LogP contribution >= 0.6 is 0 Å². The molecule has 0 spiro atoms. The zero-order valence-electron chi connectivity index (χ0n) is 16.7. The van der Waals surface area contributed by atoms with Gasteiger partial charge in [-0.15, -0.1) is 0 Å². The Balaban J connectivity index is 1.58. The van der Waals surface area contributed by atoms with Crippen molar-refractivity contribution >= 4 is 14.5 Å². The summed E-state index contributed by atoms with van der Waals surface area (Å²) in [5.41, 5.74) is 3.81. The van der Waals surface area contributed by atoms with Gasteiger partial charge in [-0.25, -0.2) is 0 Å². The number of aryl methyl sites for hydroxylation is 1. The maximum atomic E-state index is 13.2. The van der Waals surface area contributed by atoms with Gasteiger partial charge in [0.15, 0.2) is 0 Å². The minimum atomic E-state index is -0.562. The van der Waals surface area contributed by atoms with Gasteiger partial charge >= 0.3 is 181 Å². The second-order valence-electron chi connectivity index (χ2n) is 7.84. The zero-order chi connectivity index (χ0) is 21.3. The van der Waals surface area contributed by atoms with E-state index in [1.807, 2.05) is 25.1 Å². The van der Waals surface area contributed by atoms with Gasteiger partial charge in [-0.2, -0.15) is 0 Å². The number of phenolic OH excluding ortho intramolecular Hbond substituents is 1. The van der Waals surface area contributed by atoms with Crippen LogP contribution < -0.4 is 0 Å². The van der Waals surface area contributed by atoms with Gasteiger partial charge in [-0.1, -0.05) is 0 Å². The summed E-state index contributed by atoms with van der Waals surface area (Å²) in [5.74, 6) is -0.0770. The topological polar surface area (TPSA) is 69.9 Å². The number of rotatable bonds is 5. The Morgan fingerprint density at radius 3 is 2.60 bits per heavy atom. The van der Waals surface area contributed by atoms with E-state index in [0.717, 1.165) is 23.1 Å². The summed E-state index contributed by atoms with van der Waals surface area (Å²) in [4.78, 5) is 0. The van der Waals surface area contributed by atoms with E-state index in [-0.39, 0.29) is 32.7 Å². The van der Waals surface area contributed by atoms with E-state index in [9.17, 15) is 19.7 Å². The molecule has 0 saturated carbocycles. The Kier molecular flexibility index (Phi) is 6.42. The van der Waals surface area contributed by atoms with Gasteiger partial charge in [0, 0.05) is 0 Å². The molecule has 4 rings (SSSR count). The molecule has 3 atom stereocenters. The standard InChI is InChI=1S/C24H25FO4Se/c1-14-8-22(28)21(23-12-18(27)11-19(13-26)29-23)10-16(14)9-20-6-7-24(30-20)15-2-4-17(25)5-3-15/h2-8,10,18-19,23,26-28H,9,11-13H2,1H3. The number of ether oxygens (including phenoxy) is 1. The third-order valence-electron chi connectivity index (χ3n) is 5.57. The normalized spacial score (nSPS) is 21.7. The summed E-state index contributed by atoms with van der Waals surface area (Å²) in [6, 6.07) is 14.5. The van der Waals surface area contributed by atoms with Gasteiger partial charge in [0.05, 0.1) is 0 Å². The molecule has 1 saturated heterocycles. The van der Waals surface area contributed by atoms with Crippen LogP contribution in [-0.2, 0) is 11.2 Å². The van der Waals surface area contributed by atoms with Crippen LogP contribution in [0.15, 0.2) is 48.5 Å². The first-order chi connectivity index (χ1) is 14.4. The molecule has 1 aliphatic heterocycles. The summed E-state index contributed by atoms with van der Waals surface area (Å²) < 4.78 is 21.6. The maximum absolute atomic E-state index is 13.2. The van der Waals surface area contributed by atoms with E-state index < -0.39 is 18.3 Å². The Bertz CT molecular complexity index is 1010. The number of hydrogen-bond acceptors (Lipinski definition) is 4. The second-order valence-corrected chi connectivity index (χ2v) is 10.3. The number of halogens is 1. The Morgan fingerprint density at radius 1 is 1.10 bits per heavy atom. The molecule has 0 amide bonds. The third kappa shape index (κ3) is 4.69. The molecule has 0 bridgehead atoms. The molecule has 3 aromatic rings. The van der Waals surface area contributed by atoms with Crippen molar-refractivity contribution in [3.63, 3.8) is 0 Å². The van der Waals surface area contributed by atoms with Gasteiger partial charge < -0.3 is 0 Å². The summed E-state index contributed by atoms with van der Waals surface area (Å²) in [6.07, 6.45) is 0.134. The molecule has 2 heterocycles. The second kappa shape index (κ2) is 9.04. The monoisotopic (exact) mass is 476 g/mol. The van der Waals surface area contributed by atoms with Crippen molar-refractivity contribution in [1.29, 1.82) is 0 Å². The molecular formula is C24H25FO4Se. The molecule has 6 heteroatoms. The number of benzene rings is 2. The molecule has 1 aliphatic rings. The first kappa shape index (κ1) is 21.3. The van der Waals surface area contributed by atoms with E-state index in [1.165, 1.54) is 21.0 Å². The zero-order valence-corrected chi connectivity index (χ0v) is 18.4. The Labute approximate surface area is 181 Å². The first-order valence-corrected chi connectivity index (χ1v) is 11.8. The molecular weight excluding hydrogens is 450 g/mol. The third-order valence-corrected chi connectivity index (χ3v) is 7.95. The summed E-state index contributed by atoms with van der Waals surface area (Å²) in [5, 5.41) is 30.1. The number of phenols is 1. The molecule has 30 heavy (non-hydrogen) atoms. The number of aliphatic hydroxyl groups is 2. The van der Waals surface area contributed by atoms with Crippen molar-refractivity contribution in [3.8, 4) is 15.8 Å². The van der Waals surface area contributed by atoms with E-state index in [4.69, 9.17) is 4.74 Å². The van der Waals surface area contributed by atoms with Gasteiger partial charge in [0.1, 0.15) is 0 Å². The van der Waals surface area contributed by atoms with Crippen LogP contribution in [0.25, 0.3) is 10.0 Å². The molecule has 3 N–H and O–H groups in total. The molecule has 158 valence electrons. The van der Waals surface area contributed by atoms with Crippen molar-refractivity contribution in [2.45, 2.75) is 44.5 Å². The van der Waals surface area contributed by atoms with Crippen LogP contribution in [0.4, 0.5) is 4.39 Å². The average molecular weight is 475 g/mol. The number of aromatic hydroxyl groups is 1. The van der Waals surface area contributed by atoms with Crippen LogP contribution in [0.3, 0.4) is 0 Å². The fourth-order valence-electron chi connectivity index (χ4n) is 3.94. The molecule has 0 aliphatic carbocycles. The van der Waals surface area contributed by atoms with Crippen molar-refractivity contribution in [2.75, 3.05) is 6.61 Å². The number of aliphatic hydroxyl groups excluding tert-OH is 2. The fourth-order valence-corrected chi connectivity index (χ4v) is 6.12. The van der Waals surface area contributed by atoms with E-state index in [2.05, 4.69) is 12.1 Å². The average Bonchev–Trinajstić information content (AvgIpc) is 3.18. The molecule has 3 unspecified atom stereocenters. The van der Waals surface area contributed by atoms with Gasteiger partial charge in [0.25, 0.3) is 0 Å². The quantitative estimate of drug-likeness (QED) is 0.492. The van der Waals surface area contributed by atoms with Crippen molar-refractivity contribution < 1.29 is 24.4 Å². The molecule has 1 fully saturated rings. The predicted molar refractivity (Wildman–Crippen MR) is 114 cm³/mol. The molecule has 0 radical (unpaired) electrons. The van der Waals surface area contributed by atoms with E-state index in [1.54, 1.807) is 6.07 Å². The SMILES string of the molecule is Cc1cc(O)c(C2CC(O)CC(CO)O2)cc1Cc1ccc(-c2ccc(F)cc2)[se]1. The molecule has 2 aromatic carbocycles. The predicted octanol–water partition coefficient (Wildman–Crippen LogP) is 3.73. The van der Waals surface area contributed by atoms with E-state index >= 15 is 0 Å². The Morgan fingerprint density at radius 2 is 1.87 bits per heavy atom. The summed E-state index contributed by atoms with van der Waals surface area (Å²) in [7, 11) is 0. The van der Waals surface area contributed by atoms with Crippen LogP contribution in [0.2, 0.25) is 0 Å². The van der Waals surface area contributed by atoms with Crippen molar-refractivity contribution in [2.24, 2.45) is 0 Å². The van der Waals surface area contributed by atoms with Gasteiger partial charge in [0.2, 0.25) is 0 Å². The fraction of sp³-hybridized carbons (Fsp3) is 0.333. The Hall–Kier alpha value is -1.95. The van der Waals surface area contributed by atoms with Crippen LogP contribution in [0.1, 0.15) is 40.1 Å². The van der Waals surface area contributed by atoms with Gasteiger partial charge in [-0.3, -0.25) is 0 Å². The summed E-state index contributed by atoms with van der Waals surface area (Å²) in [6.45, 7) is 1.82. The van der Waals surface area contributed by atoms with Crippen molar-refractivity contribution in [1.82, 2.24) is 0 Å². The van der Waals surface area contributed by atoms with Crippen molar-refractivity contribution in [3.05, 3.63) is 75.5 Å². The van der Waals surface area contributed by atoms with Crippen LogP contribution in [0, 0.1) is 12.7 Å². The minimum absolute atomic E-state index is 0.153. The van der Waals surface area contributed by atoms with Crippen LogP contribution in [0.5, 0.6) is 5.75 Å². The van der Waals surface area contributed by atoms with Gasteiger partial charge in [-0.05, 0) is 0 Å². The molecule has 1 aromatic heterocycles.